The second kappa shape index (κ2) is 7.71. The summed E-state index contributed by atoms with van der Waals surface area (Å²) in [5.41, 5.74) is -3.02. The van der Waals surface area contributed by atoms with Gasteiger partial charge in [-0.05, 0) is 13.8 Å². The Balaban J connectivity index is 5.63. The molecule has 6 N–H and O–H groups in total. The highest BCUT2D eigenvalue weighted by Crippen LogP contribution is 2.29. The van der Waals surface area contributed by atoms with Crippen LogP contribution in [0.25, 0.3) is 0 Å². The van der Waals surface area contributed by atoms with E-state index in [0.29, 0.717) is 0 Å². The van der Waals surface area contributed by atoms with Gasteiger partial charge >= 0.3 is 23.9 Å². The first-order chi connectivity index (χ1) is 9.92. The molecule has 0 amide bonds. The Bertz CT molecular complexity index is 444. The molecule has 0 aliphatic rings. The maximum Gasteiger partial charge on any atom is 0.317 e. The molecule has 0 atom stereocenters. The maximum atomic E-state index is 11.1. The summed E-state index contributed by atoms with van der Waals surface area (Å²) in [5, 5.41) is 40.6. The molecule has 126 valence electrons. The summed E-state index contributed by atoms with van der Waals surface area (Å²) in [6, 6.07) is 0. The van der Waals surface area contributed by atoms with E-state index in [2.05, 4.69) is 10.6 Å². The number of rotatable bonds is 11. The van der Waals surface area contributed by atoms with Crippen LogP contribution in [0.3, 0.4) is 0 Å². The molecule has 0 heterocycles. The molecule has 0 aromatic heterocycles. The molecule has 0 radical (unpaired) electrons. The molecule has 0 aromatic carbocycles. The lowest BCUT2D eigenvalue weighted by Gasteiger charge is -2.46. The van der Waals surface area contributed by atoms with Gasteiger partial charge in [0.1, 0.15) is 0 Å². The molecule has 0 bridgehead atoms. The third kappa shape index (κ3) is 6.06. The van der Waals surface area contributed by atoms with Gasteiger partial charge in [-0.1, -0.05) is 0 Å². The summed E-state index contributed by atoms with van der Waals surface area (Å²) in [4.78, 5) is 43.6. The second-order valence-corrected chi connectivity index (χ2v) is 5.34. The second-order valence-electron chi connectivity index (χ2n) is 5.34. The number of carboxylic acid groups (broad SMARTS) is 4. The van der Waals surface area contributed by atoms with Crippen molar-refractivity contribution in [3.05, 3.63) is 0 Å². The van der Waals surface area contributed by atoms with Crippen molar-refractivity contribution < 1.29 is 39.6 Å². The first kappa shape index (κ1) is 19.8. The lowest BCUT2D eigenvalue weighted by atomic mass is 9.74. The van der Waals surface area contributed by atoms with E-state index < -0.39 is 60.9 Å². The average Bonchev–Trinajstić information content (AvgIpc) is 2.32. The number of nitrogens with one attached hydrogen (secondary N) is 2. The van der Waals surface area contributed by atoms with Crippen LogP contribution in [0, 0.1) is 0 Å². The number of aliphatic carboxylic acids is 4. The van der Waals surface area contributed by atoms with E-state index in [-0.39, 0.29) is 0 Å². The Morgan fingerprint density at radius 1 is 0.727 bits per heavy atom. The summed E-state index contributed by atoms with van der Waals surface area (Å²) >= 11 is 0. The van der Waals surface area contributed by atoms with E-state index >= 15 is 0 Å². The summed E-state index contributed by atoms with van der Waals surface area (Å²) in [5.74, 6) is -5.20. The van der Waals surface area contributed by atoms with Crippen LogP contribution in [0.1, 0.15) is 26.7 Å². The van der Waals surface area contributed by atoms with Gasteiger partial charge in [0, 0.05) is 5.54 Å². The van der Waals surface area contributed by atoms with Crippen LogP contribution < -0.4 is 10.6 Å². The predicted molar refractivity (Wildman–Crippen MR) is 72.6 cm³/mol. The Hall–Kier alpha value is -2.20. The largest absolute Gasteiger partial charge is 0.481 e. The van der Waals surface area contributed by atoms with Crippen molar-refractivity contribution >= 4 is 23.9 Å². The van der Waals surface area contributed by atoms with Crippen molar-refractivity contribution in [2.75, 3.05) is 13.1 Å². The lowest BCUT2D eigenvalue weighted by molar-refractivity contribution is -0.146. The smallest absolute Gasteiger partial charge is 0.317 e. The van der Waals surface area contributed by atoms with Gasteiger partial charge in [0.25, 0.3) is 0 Å². The molecule has 0 spiro atoms. The topological polar surface area (TPSA) is 173 Å². The first-order valence-corrected chi connectivity index (χ1v) is 6.29. The molecule has 0 fully saturated rings. The van der Waals surface area contributed by atoms with Crippen LogP contribution in [-0.2, 0) is 19.2 Å². The normalized spacial score (nSPS) is 11.9. The third-order valence-electron chi connectivity index (χ3n) is 3.36. The van der Waals surface area contributed by atoms with Crippen LogP contribution in [0.15, 0.2) is 0 Å². The molecule has 10 heteroatoms. The highest BCUT2D eigenvalue weighted by atomic mass is 16.4. The van der Waals surface area contributed by atoms with Gasteiger partial charge in [-0.15, -0.1) is 0 Å². The minimum Gasteiger partial charge on any atom is -0.481 e. The highest BCUT2D eigenvalue weighted by Gasteiger charge is 2.48. The summed E-state index contributed by atoms with van der Waals surface area (Å²) in [6.45, 7) is 1.62. The van der Waals surface area contributed by atoms with E-state index in [4.69, 9.17) is 20.4 Å². The molecule has 0 aliphatic carbocycles. The van der Waals surface area contributed by atoms with E-state index in [9.17, 15) is 19.2 Å². The molecule has 0 unspecified atom stereocenters. The number of carboxylic acids is 4. The van der Waals surface area contributed by atoms with Crippen LogP contribution in [0.4, 0.5) is 0 Å². The Labute approximate surface area is 126 Å². The molecule has 10 nitrogen and oxygen atoms in total. The Morgan fingerprint density at radius 2 is 1.09 bits per heavy atom. The summed E-state index contributed by atoms with van der Waals surface area (Å²) in [6.07, 6.45) is -1.40. The van der Waals surface area contributed by atoms with E-state index in [0.717, 1.165) is 0 Å². The first-order valence-electron chi connectivity index (χ1n) is 6.29. The standard InChI is InChI=1S/C12H20N2O8/c1-11(2,13-5-9(19)20)12(3-7(15)16,4-8(17)18)14-6-10(21)22/h13-14H,3-6H2,1-2H3,(H,15,16)(H,17,18)(H,19,20)(H,21,22). The third-order valence-corrected chi connectivity index (χ3v) is 3.36. The molecule has 0 saturated heterocycles. The monoisotopic (exact) mass is 320 g/mol. The van der Waals surface area contributed by atoms with Gasteiger partial charge in [0.15, 0.2) is 0 Å². The van der Waals surface area contributed by atoms with Crippen LogP contribution >= 0.6 is 0 Å². The maximum absolute atomic E-state index is 11.1. The number of hydrogen-bond acceptors (Lipinski definition) is 6. The summed E-state index contributed by atoms with van der Waals surface area (Å²) < 4.78 is 0. The van der Waals surface area contributed by atoms with Crippen molar-refractivity contribution in [2.45, 2.75) is 37.8 Å². The molecule has 0 aliphatic heterocycles. The van der Waals surface area contributed by atoms with Crippen molar-refractivity contribution in [3.8, 4) is 0 Å². The van der Waals surface area contributed by atoms with Gasteiger partial charge in [0.05, 0.1) is 31.5 Å². The minimum absolute atomic E-state index is 0.539. The predicted octanol–water partition coefficient (Wildman–Crippen LogP) is -1.20. The summed E-state index contributed by atoms with van der Waals surface area (Å²) in [7, 11) is 0. The lowest BCUT2D eigenvalue weighted by Crippen LogP contribution is -2.69. The molecule has 22 heavy (non-hydrogen) atoms. The molecule has 0 rings (SSSR count). The molecule has 0 aromatic rings. The van der Waals surface area contributed by atoms with E-state index in [1.165, 1.54) is 13.8 Å². The molecular weight excluding hydrogens is 300 g/mol. The average molecular weight is 320 g/mol. The van der Waals surface area contributed by atoms with Gasteiger partial charge in [-0.3, -0.25) is 24.5 Å². The van der Waals surface area contributed by atoms with Gasteiger partial charge < -0.3 is 25.7 Å². The Morgan fingerprint density at radius 3 is 1.41 bits per heavy atom. The van der Waals surface area contributed by atoms with Crippen molar-refractivity contribution in [2.24, 2.45) is 0 Å². The zero-order valence-electron chi connectivity index (χ0n) is 12.3. The van der Waals surface area contributed by atoms with Crippen LogP contribution in [0.5, 0.6) is 0 Å². The molecule has 0 saturated carbocycles. The molecular formula is C12H20N2O8. The van der Waals surface area contributed by atoms with Crippen LogP contribution in [-0.4, -0.2) is 68.5 Å². The Kier molecular flexibility index (Phi) is 6.94. The van der Waals surface area contributed by atoms with Gasteiger partial charge in [-0.25, -0.2) is 0 Å². The number of hydrogen-bond donors (Lipinski definition) is 6. The van der Waals surface area contributed by atoms with Crippen molar-refractivity contribution in [3.63, 3.8) is 0 Å². The zero-order chi connectivity index (χ0) is 17.6. The van der Waals surface area contributed by atoms with Crippen molar-refractivity contribution in [1.29, 1.82) is 0 Å². The quantitative estimate of drug-likeness (QED) is 0.271. The van der Waals surface area contributed by atoms with Gasteiger partial charge in [-0.2, -0.15) is 0 Å². The van der Waals surface area contributed by atoms with Gasteiger partial charge in [0.2, 0.25) is 0 Å². The van der Waals surface area contributed by atoms with E-state index in [1.807, 2.05) is 0 Å². The minimum atomic E-state index is -1.70. The number of carbonyl (C=O) groups is 4. The van der Waals surface area contributed by atoms with Crippen molar-refractivity contribution in [1.82, 2.24) is 10.6 Å². The highest BCUT2D eigenvalue weighted by molar-refractivity contribution is 5.75. The fraction of sp³-hybridized carbons (Fsp3) is 0.667. The SMILES string of the molecule is CC(C)(NCC(=O)O)C(CC(=O)O)(CC(=O)O)NCC(=O)O. The fourth-order valence-corrected chi connectivity index (χ4v) is 2.08. The zero-order valence-corrected chi connectivity index (χ0v) is 12.3. The fourth-order valence-electron chi connectivity index (χ4n) is 2.08. The van der Waals surface area contributed by atoms with Crippen LogP contribution in [0.2, 0.25) is 0 Å². The van der Waals surface area contributed by atoms with E-state index in [1.54, 1.807) is 0 Å².